The summed E-state index contributed by atoms with van der Waals surface area (Å²) in [5, 5.41) is 8.08. The van der Waals surface area contributed by atoms with E-state index in [1.54, 1.807) is 0 Å². The Morgan fingerprint density at radius 3 is 2.72 bits per heavy atom. The number of aromatic nitrogens is 2. The fourth-order valence-corrected chi connectivity index (χ4v) is 2.61. The zero-order valence-electron chi connectivity index (χ0n) is 12.2. The van der Waals surface area contributed by atoms with Crippen molar-refractivity contribution in [3.8, 4) is 0 Å². The molecule has 0 bridgehead atoms. The molecule has 2 rings (SSSR count). The van der Waals surface area contributed by atoms with E-state index in [0.717, 1.165) is 31.3 Å². The van der Waals surface area contributed by atoms with Crippen molar-refractivity contribution in [3.63, 3.8) is 0 Å². The van der Waals surface area contributed by atoms with Crippen molar-refractivity contribution < 1.29 is 0 Å². The van der Waals surface area contributed by atoms with E-state index in [9.17, 15) is 0 Å². The molecule has 3 heteroatoms. The van der Waals surface area contributed by atoms with Gasteiger partial charge in [0.2, 0.25) is 0 Å². The van der Waals surface area contributed by atoms with Gasteiger partial charge in [0.25, 0.3) is 0 Å². The first kappa shape index (κ1) is 13.6. The molecule has 1 N–H and O–H groups in total. The lowest BCUT2D eigenvalue weighted by Crippen LogP contribution is -2.42. The summed E-state index contributed by atoms with van der Waals surface area (Å²) < 4.78 is 2.09. The lowest BCUT2D eigenvalue weighted by Gasteiger charge is -2.38. The van der Waals surface area contributed by atoms with Crippen LogP contribution in [0.5, 0.6) is 0 Å². The minimum atomic E-state index is 0.229. The van der Waals surface area contributed by atoms with E-state index in [4.69, 9.17) is 0 Å². The summed E-state index contributed by atoms with van der Waals surface area (Å²) in [6.45, 7) is 11.1. The van der Waals surface area contributed by atoms with Crippen molar-refractivity contribution in [1.82, 2.24) is 15.1 Å². The number of nitrogens with zero attached hydrogens (tertiary/aromatic N) is 2. The molecule has 3 nitrogen and oxygen atoms in total. The summed E-state index contributed by atoms with van der Waals surface area (Å²) in [6.07, 6.45) is 8.16. The molecule has 1 aromatic heterocycles. The summed E-state index contributed by atoms with van der Waals surface area (Å²) in [5.74, 6) is 1.52. The molecule has 1 heterocycles. The average Bonchev–Trinajstić information content (AvgIpc) is 2.63. The minimum absolute atomic E-state index is 0.229. The quantitative estimate of drug-likeness (QED) is 0.868. The second-order valence-electron chi connectivity index (χ2n) is 6.61. The van der Waals surface area contributed by atoms with Crippen LogP contribution in [0.15, 0.2) is 12.4 Å². The van der Waals surface area contributed by atoms with Crippen LogP contribution in [-0.2, 0) is 6.54 Å². The molecule has 1 aliphatic carbocycles. The molecular formula is C15H27N3. The van der Waals surface area contributed by atoms with E-state index in [2.05, 4.69) is 55.2 Å². The fraction of sp³-hybridized carbons (Fsp3) is 0.800. The molecule has 2 atom stereocenters. The standard InChI is InChI=1S/C15H27N3/c1-5-8-18-11-13(10-17-18)14-7-6-12(14)9-16-15(2,3)4/h10-12,14,16H,5-9H2,1-4H3. The first-order valence-electron chi connectivity index (χ1n) is 7.27. The van der Waals surface area contributed by atoms with Gasteiger partial charge in [0.15, 0.2) is 0 Å². The van der Waals surface area contributed by atoms with Crippen LogP contribution in [0.3, 0.4) is 0 Å². The van der Waals surface area contributed by atoms with Gasteiger partial charge in [-0.15, -0.1) is 0 Å². The van der Waals surface area contributed by atoms with Crippen LogP contribution in [0.25, 0.3) is 0 Å². The second kappa shape index (κ2) is 5.43. The van der Waals surface area contributed by atoms with Gasteiger partial charge < -0.3 is 5.32 Å². The molecule has 0 spiro atoms. The summed E-state index contributed by atoms with van der Waals surface area (Å²) in [5.41, 5.74) is 1.67. The Morgan fingerprint density at radius 2 is 2.17 bits per heavy atom. The molecule has 0 radical (unpaired) electrons. The lowest BCUT2D eigenvalue weighted by molar-refractivity contribution is 0.225. The SMILES string of the molecule is CCCn1cc(C2CCC2CNC(C)(C)C)cn1. The van der Waals surface area contributed by atoms with Crippen LogP contribution >= 0.6 is 0 Å². The third-order valence-corrected chi connectivity index (χ3v) is 3.85. The number of nitrogens with one attached hydrogen (secondary N) is 1. The molecule has 18 heavy (non-hydrogen) atoms. The maximum Gasteiger partial charge on any atom is 0.0524 e. The van der Waals surface area contributed by atoms with Gasteiger partial charge in [-0.25, -0.2) is 0 Å². The fourth-order valence-electron chi connectivity index (χ4n) is 2.61. The predicted octanol–water partition coefficient (Wildman–Crippen LogP) is 3.17. The Balaban J connectivity index is 1.88. The number of hydrogen-bond donors (Lipinski definition) is 1. The normalized spacial score (nSPS) is 24.0. The van der Waals surface area contributed by atoms with Gasteiger partial charge in [0, 0.05) is 18.3 Å². The Morgan fingerprint density at radius 1 is 1.39 bits per heavy atom. The van der Waals surface area contributed by atoms with Crippen LogP contribution in [0.1, 0.15) is 58.4 Å². The van der Waals surface area contributed by atoms with Crippen molar-refractivity contribution in [3.05, 3.63) is 18.0 Å². The zero-order chi connectivity index (χ0) is 13.2. The molecule has 2 unspecified atom stereocenters. The highest BCUT2D eigenvalue weighted by molar-refractivity contribution is 5.16. The minimum Gasteiger partial charge on any atom is -0.312 e. The topological polar surface area (TPSA) is 29.9 Å². The van der Waals surface area contributed by atoms with E-state index >= 15 is 0 Å². The number of aryl methyl sites for hydroxylation is 1. The highest BCUT2D eigenvalue weighted by Crippen LogP contribution is 2.42. The Hall–Kier alpha value is -0.830. The van der Waals surface area contributed by atoms with Crippen molar-refractivity contribution in [2.24, 2.45) is 5.92 Å². The smallest absolute Gasteiger partial charge is 0.0524 e. The molecule has 0 aromatic carbocycles. The maximum absolute atomic E-state index is 4.45. The van der Waals surface area contributed by atoms with E-state index in [1.165, 1.54) is 18.4 Å². The maximum atomic E-state index is 4.45. The third-order valence-electron chi connectivity index (χ3n) is 3.85. The predicted molar refractivity (Wildman–Crippen MR) is 75.7 cm³/mol. The molecule has 1 aromatic rings. The van der Waals surface area contributed by atoms with Crippen molar-refractivity contribution in [1.29, 1.82) is 0 Å². The number of hydrogen-bond acceptors (Lipinski definition) is 2. The van der Waals surface area contributed by atoms with Gasteiger partial charge in [-0.05, 0) is 64.0 Å². The molecule has 1 aliphatic rings. The van der Waals surface area contributed by atoms with Crippen molar-refractivity contribution >= 4 is 0 Å². The molecule has 0 saturated heterocycles. The van der Waals surface area contributed by atoms with Crippen LogP contribution in [0.2, 0.25) is 0 Å². The van der Waals surface area contributed by atoms with E-state index in [-0.39, 0.29) is 5.54 Å². The summed E-state index contributed by atoms with van der Waals surface area (Å²) in [6, 6.07) is 0. The molecule has 102 valence electrons. The second-order valence-corrected chi connectivity index (χ2v) is 6.61. The molecule has 0 amide bonds. The van der Waals surface area contributed by atoms with Crippen LogP contribution < -0.4 is 5.32 Å². The monoisotopic (exact) mass is 249 g/mol. The Labute approximate surface area is 111 Å². The number of rotatable bonds is 5. The van der Waals surface area contributed by atoms with Gasteiger partial charge in [0.05, 0.1) is 6.20 Å². The molecule has 1 fully saturated rings. The van der Waals surface area contributed by atoms with Crippen LogP contribution in [0, 0.1) is 5.92 Å². The molecular weight excluding hydrogens is 222 g/mol. The highest BCUT2D eigenvalue weighted by Gasteiger charge is 2.33. The zero-order valence-corrected chi connectivity index (χ0v) is 12.2. The first-order chi connectivity index (χ1) is 8.49. The summed E-state index contributed by atoms with van der Waals surface area (Å²) in [4.78, 5) is 0. The Bertz CT molecular complexity index is 375. The lowest BCUT2D eigenvalue weighted by atomic mass is 9.70. The molecule has 1 saturated carbocycles. The summed E-state index contributed by atoms with van der Waals surface area (Å²) in [7, 11) is 0. The van der Waals surface area contributed by atoms with Gasteiger partial charge in [-0.1, -0.05) is 6.92 Å². The van der Waals surface area contributed by atoms with Crippen molar-refractivity contribution in [2.75, 3.05) is 6.54 Å². The third kappa shape index (κ3) is 3.35. The average molecular weight is 249 g/mol. The van der Waals surface area contributed by atoms with E-state index < -0.39 is 0 Å². The van der Waals surface area contributed by atoms with Crippen molar-refractivity contribution in [2.45, 2.75) is 65.0 Å². The van der Waals surface area contributed by atoms with Gasteiger partial charge in [-0.3, -0.25) is 4.68 Å². The molecule has 0 aliphatic heterocycles. The Kier molecular flexibility index (Phi) is 4.10. The first-order valence-corrected chi connectivity index (χ1v) is 7.27. The van der Waals surface area contributed by atoms with E-state index in [0.29, 0.717) is 0 Å². The van der Waals surface area contributed by atoms with Crippen LogP contribution in [-0.4, -0.2) is 21.9 Å². The van der Waals surface area contributed by atoms with E-state index in [1.807, 2.05) is 0 Å². The highest BCUT2D eigenvalue weighted by atomic mass is 15.3. The van der Waals surface area contributed by atoms with Gasteiger partial charge in [0.1, 0.15) is 0 Å². The largest absolute Gasteiger partial charge is 0.312 e. The van der Waals surface area contributed by atoms with Crippen LogP contribution in [0.4, 0.5) is 0 Å². The van der Waals surface area contributed by atoms with Gasteiger partial charge >= 0.3 is 0 Å². The van der Waals surface area contributed by atoms with Gasteiger partial charge in [-0.2, -0.15) is 5.10 Å². The summed E-state index contributed by atoms with van der Waals surface area (Å²) >= 11 is 0.